The van der Waals surface area contributed by atoms with Gasteiger partial charge in [-0.15, -0.1) is 0 Å². The monoisotopic (exact) mass is 538 g/mol. The summed E-state index contributed by atoms with van der Waals surface area (Å²) in [5.74, 6) is -1.71. The number of amides is 2. The van der Waals surface area contributed by atoms with Gasteiger partial charge in [-0.2, -0.15) is 0 Å². The molecule has 40 heavy (non-hydrogen) atoms. The van der Waals surface area contributed by atoms with Crippen LogP contribution in [0.2, 0.25) is 5.02 Å². The van der Waals surface area contributed by atoms with Crippen LogP contribution in [0.4, 0.5) is 11.4 Å². The van der Waals surface area contributed by atoms with Gasteiger partial charge in [-0.25, -0.2) is 4.90 Å². The van der Waals surface area contributed by atoms with E-state index in [0.717, 1.165) is 33.0 Å². The van der Waals surface area contributed by atoms with Gasteiger partial charge in [0.1, 0.15) is 0 Å². The highest BCUT2D eigenvalue weighted by Crippen LogP contribution is 2.64. The zero-order valence-corrected chi connectivity index (χ0v) is 22.1. The highest BCUT2D eigenvalue weighted by atomic mass is 35.5. The maximum Gasteiger partial charge on any atom is 0.239 e. The Balaban J connectivity index is 1.40. The molecule has 0 saturated carbocycles. The third-order valence-electron chi connectivity index (χ3n) is 8.92. The Hall–Kier alpha value is -4.54. The molecule has 0 unspecified atom stereocenters. The lowest BCUT2D eigenvalue weighted by molar-refractivity contribution is -0.122. The van der Waals surface area contributed by atoms with Crippen molar-refractivity contribution in [3.05, 3.63) is 143 Å². The van der Waals surface area contributed by atoms with Crippen molar-refractivity contribution < 1.29 is 9.59 Å². The predicted octanol–water partition coefficient (Wildman–Crippen LogP) is 7.45. The molecule has 4 nitrogen and oxygen atoms in total. The second-order valence-electron chi connectivity index (χ2n) is 10.8. The fraction of sp³-hybridized carbons (Fsp3) is 0.114. The van der Waals surface area contributed by atoms with Gasteiger partial charge in [-0.05, 0) is 51.9 Å². The minimum absolute atomic E-state index is 0.152. The van der Waals surface area contributed by atoms with Gasteiger partial charge in [0, 0.05) is 22.5 Å². The Morgan fingerprint density at radius 3 is 2.12 bits per heavy atom. The maximum absolute atomic E-state index is 14.7. The van der Waals surface area contributed by atoms with Crippen molar-refractivity contribution in [2.24, 2.45) is 16.8 Å². The van der Waals surface area contributed by atoms with E-state index >= 15 is 0 Å². The summed E-state index contributed by atoms with van der Waals surface area (Å²) < 4.78 is 0. The van der Waals surface area contributed by atoms with Crippen molar-refractivity contribution in [1.29, 1.82) is 0 Å². The molecular weight excluding hydrogens is 516 g/mol. The van der Waals surface area contributed by atoms with E-state index in [4.69, 9.17) is 16.6 Å². The van der Waals surface area contributed by atoms with Crippen molar-refractivity contribution in [2.75, 3.05) is 4.90 Å². The van der Waals surface area contributed by atoms with E-state index in [0.29, 0.717) is 16.4 Å². The molecule has 2 amide bonds. The molecule has 1 heterocycles. The average Bonchev–Trinajstić information content (AvgIpc) is 3.26. The largest absolute Gasteiger partial charge is 0.274 e. The first-order valence-electron chi connectivity index (χ1n) is 13.4. The molecule has 2 bridgehead atoms. The summed E-state index contributed by atoms with van der Waals surface area (Å²) in [5.41, 5.74) is 4.65. The minimum atomic E-state index is -0.916. The second-order valence-corrected chi connectivity index (χ2v) is 11.2. The van der Waals surface area contributed by atoms with Gasteiger partial charge in [0.15, 0.2) is 0 Å². The van der Waals surface area contributed by atoms with Crippen LogP contribution in [0.5, 0.6) is 0 Å². The van der Waals surface area contributed by atoms with Crippen molar-refractivity contribution in [1.82, 2.24) is 0 Å². The van der Waals surface area contributed by atoms with Crippen LogP contribution < -0.4 is 4.90 Å². The normalized spacial score (nSPS) is 24.4. The molecule has 1 saturated heterocycles. The van der Waals surface area contributed by atoms with E-state index in [9.17, 15) is 9.59 Å². The van der Waals surface area contributed by atoms with E-state index in [1.165, 1.54) is 4.90 Å². The van der Waals surface area contributed by atoms with Crippen molar-refractivity contribution in [3.8, 4) is 0 Å². The Bertz CT molecular complexity index is 1860. The summed E-state index contributed by atoms with van der Waals surface area (Å²) in [5, 5.41) is 2.46. The zero-order chi connectivity index (χ0) is 27.0. The van der Waals surface area contributed by atoms with Crippen LogP contribution in [0, 0.1) is 11.8 Å². The van der Waals surface area contributed by atoms with Crippen LogP contribution in [0.3, 0.4) is 0 Å². The molecule has 5 aromatic carbocycles. The van der Waals surface area contributed by atoms with E-state index < -0.39 is 17.3 Å². The first kappa shape index (κ1) is 23.4. The standard InChI is InChI=1S/C35H23ClN2O2/c36-22-11-8-12-23(19-22)37-20-35-27-16-5-3-14-25(27)30(26-15-4-6-17-28(26)35)31-32(35)34(40)38(33(31)39)29-18-7-10-21-9-1-2-13-24(21)29/h1-20,30-32H/t30?,31-,32+,35?/m0/s1. The highest BCUT2D eigenvalue weighted by Gasteiger charge is 2.68. The fourth-order valence-electron chi connectivity index (χ4n) is 7.42. The van der Waals surface area contributed by atoms with Crippen LogP contribution in [0.15, 0.2) is 120 Å². The van der Waals surface area contributed by atoms with Crippen LogP contribution >= 0.6 is 11.6 Å². The van der Waals surface area contributed by atoms with Crippen molar-refractivity contribution in [2.45, 2.75) is 11.3 Å². The average molecular weight is 539 g/mol. The summed E-state index contributed by atoms with van der Waals surface area (Å²) in [6, 6.07) is 37.5. The lowest BCUT2D eigenvalue weighted by Gasteiger charge is -2.52. The first-order chi connectivity index (χ1) is 19.6. The number of fused-ring (bicyclic) bond motifs is 1. The number of carbonyl (C=O) groups excluding carboxylic acids is 2. The molecule has 1 fully saturated rings. The molecule has 0 N–H and O–H groups in total. The molecular formula is C35H23ClN2O2. The lowest BCUT2D eigenvalue weighted by Crippen LogP contribution is -2.54. The minimum Gasteiger partial charge on any atom is -0.274 e. The van der Waals surface area contributed by atoms with Gasteiger partial charge < -0.3 is 0 Å². The number of aliphatic imine (C=N–C) groups is 1. The molecule has 4 aliphatic rings. The third-order valence-corrected chi connectivity index (χ3v) is 9.15. The molecule has 5 aromatic rings. The zero-order valence-electron chi connectivity index (χ0n) is 21.4. The van der Waals surface area contributed by atoms with E-state index in [-0.39, 0.29) is 17.7 Å². The number of rotatable bonds is 3. The lowest BCUT2D eigenvalue weighted by atomic mass is 9.47. The first-order valence-corrected chi connectivity index (χ1v) is 13.8. The van der Waals surface area contributed by atoms with Crippen LogP contribution in [0.25, 0.3) is 10.8 Å². The second kappa shape index (κ2) is 8.48. The number of imide groups is 1. The van der Waals surface area contributed by atoms with Gasteiger partial charge in [0.2, 0.25) is 11.8 Å². The Morgan fingerprint density at radius 2 is 1.38 bits per heavy atom. The predicted molar refractivity (Wildman–Crippen MR) is 159 cm³/mol. The molecule has 2 atom stereocenters. The molecule has 192 valence electrons. The topological polar surface area (TPSA) is 49.7 Å². The molecule has 0 radical (unpaired) electrons. The van der Waals surface area contributed by atoms with Gasteiger partial charge in [-0.3, -0.25) is 14.6 Å². The molecule has 0 aromatic heterocycles. The third kappa shape index (κ3) is 3.00. The van der Waals surface area contributed by atoms with Crippen LogP contribution in [-0.4, -0.2) is 18.0 Å². The highest BCUT2D eigenvalue weighted by molar-refractivity contribution is 6.31. The Morgan fingerprint density at radius 1 is 0.725 bits per heavy atom. The summed E-state index contributed by atoms with van der Waals surface area (Å²) in [6.45, 7) is 0. The Kier molecular flexibility index (Phi) is 4.95. The molecule has 0 spiro atoms. The summed E-state index contributed by atoms with van der Waals surface area (Å²) >= 11 is 6.29. The number of hydrogen-bond donors (Lipinski definition) is 0. The smallest absolute Gasteiger partial charge is 0.239 e. The van der Waals surface area contributed by atoms with Crippen LogP contribution in [-0.2, 0) is 15.0 Å². The van der Waals surface area contributed by atoms with Crippen molar-refractivity contribution >= 4 is 51.8 Å². The van der Waals surface area contributed by atoms with Gasteiger partial charge in [0.05, 0.1) is 28.6 Å². The number of nitrogens with zero attached hydrogens (tertiary/aromatic N) is 2. The fourth-order valence-corrected chi connectivity index (χ4v) is 7.61. The molecule has 3 aliphatic carbocycles. The molecule has 5 heteroatoms. The van der Waals surface area contributed by atoms with Gasteiger partial charge in [-0.1, -0.05) is 103 Å². The molecule has 1 aliphatic heterocycles. The quantitative estimate of drug-likeness (QED) is 0.177. The van der Waals surface area contributed by atoms with Crippen molar-refractivity contribution in [3.63, 3.8) is 0 Å². The summed E-state index contributed by atoms with van der Waals surface area (Å²) in [7, 11) is 0. The van der Waals surface area contributed by atoms with Gasteiger partial charge in [0.25, 0.3) is 0 Å². The van der Waals surface area contributed by atoms with Gasteiger partial charge >= 0.3 is 0 Å². The SMILES string of the molecule is O=C1[C@H]2C3c4ccccc4C(C=Nc4cccc(Cl)c4)(c4ccccc43)[C@H]2C(=O)N1c1cccc2ccccc12. The number of halogens is 1. The maximum atomic E-state index is 14.7. The number of hydrogen-bond acceptors (Lipinski definition) is 3. The summed E-state index contributed by atoms with van der Waals surface area (Å²) in [4.78, 5) is 35.6. The van der Waals surface area contributed by atoms with E-state index in [1.807, 2.05) is 97.2 Å². The number of benzene rings is 5. The van der Waals surface area contributed by atoms with E-state index in [1.54, 1.807) is 0 Å². The van der Waals surface area contributed by atoms with Crippen LogP contribution in [0.1, 0.15) is 28.2 Å². The number of anilines is 1. The summed E-state index contributed by atoms with van der Waals surface area (Å²) in [6.07, 6.45) is 1.90. The Labute approximate surface area is 236 Å². The number of carbonyl (C=O) groups is 2. The van der Waals surface area contributed by atoms with E-state index in [2.05, 4.69) is 24.3 Å². The molecule has 9 rings (SSSR count).